The van der Waals surface area contributed by atoms with Gasteiger partial charge < -0.3 is 12.9 Å². The van der Waals surface area contributed by atoms with Crippen molar-refractivity contribution in [3.05, 3.63) is 28.8 Å². The number of rotatable bonds is 1. The van der Waals surface area contributed by atoms with Gasteiger partial charge in [-0.2, -0.15) is 5.26 Å². The van der Waals surface area contributed by atoms with Crippen molar-refractivity contribution in [3.8, 4) is 6.07 Å². The molecule has 0 heterocycles. The van der Waals surface area contributed by atoms with Crippen LogP contribution in [0, 0.1) is 11.3 Å². The first-order chi connectivity index (χ1) is 5.95. The Balaban J connectivity index is 0.00000169. The fourth-order valence-electron chi connectivity index (χ4n) is 0.832. The summed E-state index contributed by atoms with van der Waals surface area (Å²) in [5.41, 5.74) is -0.959. The van der Waals surface area contributed by atoms with E-state index in [0.29, 0.717) is 0 Å². The van der Waals surface area contributed by atoms with Gasteiger partial charge in [-0.25, -0.2) is 0 Å². The molecule has 0 saturated heterocycles. The number of benzene rings is 1. The second-order valence-corrected chi connectivity index (χ2v) is 2.83. The van der Waals surface area contributed by atoms with Crippen molar-refractivity contribution in [1.29, 1.82) is 5.26 Å². The summed E-state index contributed by atoms with van der Waals surface area (Å²) in [4.78, 5) is 0. The largest absolute Gasteiger partial charge is 1.00 e. The van der Waals surface area contributed by atoms with Crippen molar-refractivity contribution >= 4 is 24.0 Å². The summed E-state index contributed by atoms with van der Waals surface area (Å²) < 4.78 is 36.4. The molecule has 14 heavy (non-hydrogen) atoms. The van der Waals surface area contributed by atoms with Crippen molar-refractivity contribution < 1.29 is 64.3 Å². The van der Waals surface area contributed by atoms with Crippen LogP contribution in [-0.2, 0) is 0 Å². The summed E-state index contributed by atoms with van der Waals surface area (Å²) in [6.07, 6.45) is 0. The molecule has 1 aromatic rings. The average molecular weight is 243 g/mol. The summed E-state index contributed by atoms with van der Waals surface area (Å²) in [5, 5.41) is 8.45. The van der Waals surface area contributed by atoms with E-state index in [1.54, 1.807) is 6.07 Å². The van der Waals surface area contributed by atoms with Crippen LogP contribution in [0.2, 0.25) is 5.02 Å². The van der Waals surface area contributed by atoms with E-state index in [9.17, 15) is 12.9 Å². The molecule has 1 aromatic carbocycles. The fourth-order valence-corrected chi connectivity index (χ4v) is 0.992. The molecule has 0 saturated carbocycles. The molecule has 1 rings (SSSR count). The van der Waals surface area contributed by atoms with Crippen molar-refractivity contribution in [2.24, 2.45) is 0 Å². The molecule has 0 fully saturated rings. The van der Waals surface area contributed by atoms with Gasteiger partial charge in [0.15, 0.2) is 0 Å². The first-order valence-electron chi connectivity index (χ1n) is 3.34. The first-order valence-corrected chi connectivity index (χ1v) is 3.72. The maximum Gasteiger partial charge on any atom is 1.00 e. The Morgan fingerprint density at radius 2 is 1.86 bits per heavy atom. The van der Waals surface area contributed by atoms with E-state index in [0.717, 1.165) is 18.2 Å². The molecule has 7 heteroatoms. The van der Waals surface area contributed by atoms with Crippen LogP contribution in [0.1, 0.15) is 5.56 Å². The summed E-state index contributed by atoms with van der Waals surface area (Å²) in [5.74, 6) is 0. The Labute approximate surface area is 127 Å². The van der Waals surface area contributed by atoms with E-state index in [1.165, 1.54) is 0 Å². The third kappa shape index (κ3) is 3.57. The van der Waals surface area contributed by atoms with Crippen LogP contribution in [-0.4, -0.2) is 6.98 Å². The molecule has 0 aromatic heterocycles. The molecule has 0 aliphatic heterocycles. The Morgan fingerprint density at radius 1 is 1.29 bits per heavy atom. The van der Waals surface area contributed by atoms with Crippen molar-refractivity contribution in [1.82, 2.24) is 0 Å². The van der Waals surface area contributed by atoms with Gasteiger partial charge >= 0.3 is 58.4 Å². The molecule has 0 aliphatic carbocycles. The van der Waals surface area contributed by atoms with Crippen LogP contribution in [0.15, 0.2) is 18.2 Å². The van der Waals surface area contributed by atoms with E-state index >= 15 is 0 Å². The number of halogens is 4. The third-order valence-corrected chi connectivity index (χ3v) is 1.82. The molecule has 0 unspecified atom stereocenters. The average Bonchev–Trinajstić information content (AvgIpc) is 2.03. The molecule has 68 valence electrons. The maximum atomic E-state index is 12.1. The summed E-state index contributed by atoms with van der Waals surface area (Å²) in [7, 11) is 0. The third-order valence-electron chi connectivity index (χ3n) is 1.49. The predicted molar refractivity (Wildman–Crippen MR) is 44.9 cm³/mol. The van der Waals surface area contributed by atoms with Crippen LogP contribution in [0.4, 0.5) is 12.9 Å². The number of hydrogen-bond acceptors (Lipinski definition) is 1. The van der Waals surface area contributed by atoms with E-state index in [-0.39, 0.29) is 62.0 Å². The van der Waals surface area contributed by atoms with Gasteiger partial charge in [0.1, 0.15) is 6.07 Å². The predicted octanol–water partition coefficient (Wildman–Crippen LogP) is -0.730. The van der Waals surface area contributed by atoms with Crippen LogP contribution in [0.25, 0.3) is 0 Å². The van der Waals surface area contributed by atoms with Crippen molar-refractivity contribution in [2.75, 3.05) is 0 Å². The van der Waals surface area contributed by atoms with Gasteiger partial charge in [0.05, 0.1) is 10.6 Å². The Hall–Kier alpha value is 0.491. The molecule has 1 nitrogen and oxygen atoms in total. The minimum Gasteiger partial charge on any atom is -0.445 e. The quantitative estimate of drug-likeness (QED) is 0.597. The number of nitrogens with zero attached hydrogens (tertiary/aromatic N) is 1. The SMILES string of the molecule is N#Cc1cc([B-](F)(F)F)ccc1Cl.[K+]. The van der Waals surface area contributed by atoms with E-state index < -0.39 is 12.4 Å². The van der Waals surface area contributed by atoms with Gasteiger partial charge in [0.2, 0.25) is 0 Å². The minimum absolute atomic E-state index is 0. The van der Waals surface area contributed by atoms with Gasteiger partial charge in [-0.1, -0.05) is 23.7 Å². The molecule has 0 bridgehead atoms. The van der Waals surface area contributed by atoms with Crippen LogP contribution >= 0.6 is 11.6 Å². The molecule has 0 spiro atoms. The maximum absolute atomic E-state index is 12.1. The normalized spacial score (nSPS) is 10.2. The Kier molecular flexibility index (Phi) is 5.74. The van der Waals surface area contributed by atoms with Gasteiger partial charge in [-0.15, -0.1) is 5.46 Å². The van der Waals surface area contributed by atoms with Crippen LogP contribution in [0.5, 0.6) is 0 Å². The Morgan fingerprint density at radius 3 is 2.29 bits per heavy atom. The molecule has 0 atom stereocenters. The molecule has 0 N–H and O–H groups in total. The van der Waals surface area contributed by atoms with Gasteiger partial charge in [0.25, 0.3) is 0 Å². The first kappa shape index (κ1) is 14.5. The van der Waals surface area contributed by atoms with E-state index in [2.05, 4.69) is 0 Å². The second-order valence-electron chi connectivity index (χ2n) is 2.43. The van der Waals surface area contributed by atoms with Gasteiger partial charge in [-0.05, 0) is 6.07 Å². The standard InChI is InChI=1S/C7H3BClF3N.K/c9-7-2-1-6(8(10,11)12)3-5(7)4-13;/h1-3H;/q-1;+1. The summed E-state index contributed by atoms with van der Waals surface area (Å²) in [6, 6.07) is 4.28. The zero-order chi connectivity index (χ0) is 10.1. The molecule has 0 radical (unpaired) electrons. The molecule has 0 amide bonds. The fraction of sp³-hybridized carbons (Fsp3) is 0. The molecular formula is C7H3BClF3KN. The number of nitriles is 1. The van der Waals surface area contributed by atoms with Gasteiger partial charge in [0, 0.05) is 0 Å². The minimum atomic E-state index is -5.06. The zero-order valence-electron chi connectivity index (χ0n) is 7.27. The van der Waals surface area contributed by atoms with Crippen LogP contribution < -0.4 is 56.8 Å². The summed E-state index contributed by atoms with van der Waals surface area (Å²) >= 11 is 5.46. The zero-order valence-corrected chi connectivity index (χ0v) is 11.1. The van der Waals surface area contributed by atoms with Crippen LogP contribution in [0.3, 0.4) is 0 Å². The Bertz CT molecular complexity index is 374. The van der Waals surface area contributed by atoms with Crippen molar-refractivity contribution in [3.63, 3.8) is 0 Å². The summed E-state index contributed by atoms with van der Waals surface area (Å²) in [6.45, 7) is -5.06. The van der Waals surface area contributed by atoms with E-state index in [1.807, 2.05) is 0 Å². The van der Waals surface area contributed by atoms with E-state index in [4.69, 9.17) is 16.9 Å². The smallest absolute Gasteiger partial charge is 0.445 e. The molecule has 0 aliphatic rings. The number of hydrogen-bond donors (Lipinski definition) is 0. The monoisotopic (exact) mass is 243 g/mol. The topological polar surface area (TPSA) is 23.8 Å². The van der Waals surface area contributed by atoms with Crippen molar-refractivity contribution in [2.45, 2.75) is 0 Å². The van der Waals surface area contributed by atoms with Gasteiger partial charge in [-0.3, -0.25) is 0 Å². The molecular weight excluding hydrogens is 240 g/mol. The second kappa shape index (κ2) is 5.54.